The Labute approximate surface area is 94.2 Å². The van der Waals surface area contributed by atoms with Crippen LogP contribution in [0.25, 0.3) is 0 Å². The first-order valence-corrected chi connectivity index (χ1v) is 5.73. The highest BCUT2D eigenvalue weighted by Gasteiger charge is 2.51. The van der Waals surface area contributed by atoms with Crippen LogP contribution in [-0.4, -0.2) is 22.7 Å². The van der Waals surface area contributed by atoms with Crippen LogP contribution in [0.2, 0.25) is 0 Å². The summed E-state index contributed by atoms with van der Waals surface area (Å²) in [5.41, 5.74) is -0.656. The minimum absolute atomic E-state index is 0.229. The first-order valence-electron chi connectivity index (χ1n) is 5.73. The molecule has 5 nitrogen and oxygen atoms in total. The van der Waals surface area contributed by atoms with Crippen molar-refractivity contribution in [3.63, 3.8) is 0 Å². The maximum atomic E-state index is 11.9. The van der Waals surface area contributed by atoms with E-state index in [0.29, 0.717) is 24.7 Å². The van der Waals surface area contributed by atoms with Crippen molar-refractivity contribution in [3.8, 4) is 0 Å². The molecule has 1 heterocycles. The Morgan fingerprint density at radius 2 is 2.25 bits per heavy atom. The van der Waals surface area contributed by atoms with Crippen molar-refractivity contribution in [1.29, 1.82) is 0 Å². The molecule has 0 radical (unpaired) electrons. The van der Waals surface area contributed by atoms with Gasteiger partial charge in [-0.3, -0.25) is 4.79 Å². The van der Waals surface area contributed by atoms with Crippen LogP contribution in [0.3, 0.4) is 0 Å². The lowest BCUT2D eigenvalue weighted by molar-refractivity contribution is -0.155. The van der Waals surface area contributed by atoms with Crippen LogP contribution in [0, 0.1) is 0 Å². The SMILES string of the molecule is CCOC(=O)C1(c2nc(CC)no2)CCC1. The molecule has 1 aromatic rings. The van der Waals surface area contributed by atoms with E-state index in [2.05, 4.69) is 10.1 Å². The summed E-state index contributed by atoms with van der Waals surface area (Å²) < 4.78 is 10.2. The van der Waals surface area contributed by atoms with E-state index in [4.69, 9.17) is 9.26 Å². The highest BCUT2D eigenvalue weighted by molar-refractivity contribution is 5.82. The molecule has 0 unspecified atom stereocenters. The van der Waals surface area contributed by atoms with Crippen molar-refractivity contribution < 1.29 is 14.1 Å². The summed E-state index contributed by atoms with van der Waals surface area (Å²) in [6, 6.07) is 0. The Balaban J connectivity index is 2.23. The van der Waals surface area contributed by atoms with E-state index < -0.39 is 5.41 Å². The summed E-state index contributed by atoms with van der Waals surface area (Å²) in [5, 5.41) is 3.83. The van der Waals surface area contributed by atoms with Gasteiger partial charge in [-0.05, 0) is 19.8 Å². The van der Waals surface area contributed by atoms with Crippen molar-refractivity contribution in [2.24, 2.45) is 0 Å². The number of carbonyl (C=O) groups excluding carboxylic acids is 1. The summed E-state index contributed by atoms with van der Waals surface area (Å²) in [6.45, 7) is 4.14. The molecule has 0 N–H and O–H groups in total. The number of rotatable bonds is 4. The number of aromatic nitrogens is 2. The van der Waals surface area contributed by atoms with E-state index in [1.807, 2.05) is 6.92 Å². The van der Waals surface area contributed by atoms with Gasteiger partial charge in [-0.25, -0.2) is 0 Å². The third-order valence-corrected chi connectivity index (χ3v) is 3.07. The molecule has 5 heteroatoms. The van der Waals surface area contributed by atoms with Gasteiger partial charge in [0.1, 0.15) is 5.41 Å². The average molecular weight is 224 g/mol. The molecule has 1 aromatic heterocycles. The predicted octanol–water partition coefficient (Wildman–Crippen LogP) is 1.62. The lowest BCUT2D eigenvalue weighted by Crippen LogP contribution is -2.44. The van der Waals surface area contributed by atoms with Gasteiger partial charge in [-0.15, -0.1) is 0 Å². The number of hydrogen-bond donors (Lipinski definition) is 0. The van der Waals surface area contributed by atoms with Gasteiger partial charge in [0.25, 0.3) is 0 Å². The fraction of sp³-hybridized carbons (Fsp3) is 0.727. The molecule has 88 valence electrons. The van der Waals surface area contributed by atoms with Crippen molar-refractivity contribution >= 4 is 5.97 Å². The van der Waals surface area contributed by atoms with Gasteiger partial charge in [0.05, 0.1) is 6.61 Å². The Morgan fingerprint density at radius 3 is 2.69 bits per heavy atom. The minimum atomic E-state index is -0.656. The maximum absolute atomic E-state index is 11.9. The highest BCUT2D eigenvalue weighted by atomic mass is 16.5. The van der Waals surface area contributed by atoms with Crippen LogP contribution in [0.1, 0.15) is 44.8 Å². The largest absolute Gasteiger partial charge is 0.465 e. The van der Waals surface area contributed by atoms with Crippen LogP contribution in [0.15, 0.2) is 4.52 Å². The van der Waals surface area contributed by atoms with E-state index >= 15 is 0 Å². The van der Waals surface area contributed by atoms with E-state index in [1.54, 1.807) is 6.92 Å². The third kappa shape index (κ3) is 1.60. The Bertz CT molecular complexity index is 382. The maximum Gasteiger partial charge on any atom is 0.321 e. The Hall–Kier alpha value is -1.39. The van der Waals surface area contributed by atoms with E-state index in [0.717, 1.165) is 19.3 Å². The second kappa shape index (κ2) is 4.23. The minimum Gasteiger partial charge on any atom is -0.465 e. The zero-order valence-electron chi connectivity index (χ0n) is 9.65. The smallest absolute Gasteiger partial charge is 0.321 e. The van der Waals surface area contributed by atoms with Gasteiger partial charge in [0.15, 0.2) is 5.82 Å². The normalized spacial score (nSPS) is 17.9. The molecule has 0 aromatic carbocycles. The van der Waals surface area contributed by atoms with Crippen molar-refractivity contribution in [2.45, 2.75) is 44.9 Å². The van der Waals surface area contributed by atoms with Crippen molar-refractivity contribution in [3.05, 3.63) is 11.7 Å². The summed E-state index contributed by atoms with van der Waals surface area (Å²) in [6.07, 6.45) is 3.21. The summed E-state index contributed by atoms with van der Waals surface area (Å²) >= 11 is 0. The number of carbonyl (C=O) groups is 1. The molecule has 1 aliphatic rings. The van der Waals surface area contributed by atoms with E-state index in [9.17, 15) is 4.79 Å². The first kappa shape index (κ1) is 11.1. The Kier molecular flexibility index (Phi) is 2.94. The molecule has 1 fully saturated rings. The van der Waals surface area contributed by atoms with Crippen molar-refractivity contribution in [2.75, 3.05) is 6.61 Å². The molecular weight excluding hydrogens is 208 g/mol. The van der Waals surface area contributed by atoms with Gasteiger partial charge in [-0.1, -0.05) is 18.5 Å². The second-order valence-electron chi connectivity index (χ2n) is 4.03. The second-order valence-corrected chi connectivity index (χ2v) is 4.03. The van der Waals surface area contributed by atoms with Crippen LogP contribution in [0.4, 0.5) is 0 Å². The van der Waals surface area contributed by atoms with E-state index in [-0.39, 0.29) is 5.97 Å². The molecule has 2 rings (SSSR count). The molecule has 0 aliphatic heterocycles. The molecule has 0 amide bonds. The van der Waals surface area contributed by atoms with Gasteiger partial charge in [0.2, 0.25) is 5.89 Å². The third-order valence-electron chi connectivity index (χ3n) is 3.07. The van der Waals surface area contributed by atoms with Gasteiger partial charge >= 0.3 is 5.97 Å². The first-order chi connectivity index (χ1) is 7.73. The molecule has 0 saturated heterocycles. The number of nitrogens with zero attached hydrogens (tertiary/aromatic N) is 2. The monoisotopic (exact) mass is 224 g/mol. The molecule has 0 bridgehead atoms. The fourth-order valence-corrected chi connectivity index (χ4v) is 1.90. The highest BCUT2D eigenvalue weighted by Crippen LogP contribution is 2.43. The lowest BCUT2D eigenvalue weighted by atomic mass is 9.68. The van der Waals surface area contributed by atoms with Gasteiger partial charge in [-0.2, -0.15) is 4.98 Å². The Morgan fingerprint density at radius 1 is 1.50 bits per heavy atom. The molecule has 0 spiro atoms. The summed E-state index contributed by atoms with van der Waals surface area (Å²) in [5.74, 6) is 0.840. The number of aryl methyl sites for hydroxylation is 1. The van der Waals surface area contributed by atoms with Gasteiger partial charge in [0, 0.05) is 6.42 Å². The lowest BCUT2D eigenvalue weighted by Gasteiger charge is -2.35. The van der Waals surface area contributed by atoms with Gasteiger partial charge < -0.3 is 9.26 Å². The molecule has 0 atom stereocenters. The molecule has 16 heavy (non-hydrogen) atoms. The topological polar surface area (TPSA) is 65.2 Å². The molecule has 1 saturated carbocycles. The molecular formula is C11H16N2O3. The standard InChI is InChI=1S/C11H16N2O3/c1-3-8-12-9(16-13-8)11(6-5-7-11)10(14)15-4-2/h3-7H2,1-2H3. The van der Waals surface area contributed by atoms with Crippen LogP contribution in [-0.2, 0) is 21.4 Å². The molecule has 1 aliphatic carbocycles. The quantitative estimate of drug-likeness (QED) is 0.727. The summed E-state index contributed by atoms with van der Waals surface area (Å²) in [7, 11) is 0. The predicted molar refractivity (Wildman–Crippen MR) is 55.8 cm³/mol. The van der Waals surface area contributed by atoms with Crippen molar-refractivity contribution in [1.82, 2.24) is 10.1 Å². The zero-order chi connectivity index (χ0) is 11.6. The van der Waals surface area contributed by atoms with Crippen LogP contribution >= 0.6 is 0 Å². The number of ether oxygens (including phenoxy) is 1. The van der Waals surface area contributed by atoms with Crippen LogP contribution < -0.4 is 0 Å². The zero-order valence-corrected chi connectivity index (χ0v) is 9.65. The summed E-state index contributed by atoms with van der Waals surface area (Å²) in [4.78, 5) is 16.1. The number of hydrogen-bond acceptors (Lipinski definition) is 5. The van der Waals surface area contributed by atoms with Crippen LogP contribution in [0.5, 0.6) is 0 Å². The fourth-order valence-electron chi connectivity index (χ4n) is 1.90. The number of esters is 1. The average Bonchev–Trinajstić information content (AvgIpc) is 2.65. The van der Waals surface area contributed by atoms with E-state index in [1.165, 1.54) is 0 Å².